The topological polar surface area (TPSA) is 38.7 Å². The molecule has 0 aromatic rings. The Morgan fingerprint density at radius 3 is 1.25 bits per heavy atom. The third-order valence-electron chi connectivity index (χ3n) is 4.50. The van der Waals surface area contributed by atoms with Gasteiger partial charge in [0.15, 0.2) is 0 Å². The smallest absolute Gasteiger partial charge is 0.0701 e. The van der Waals surface area contributed by atoms with Gasteiger partial charge in [0.2, 0.25) is 0 Å². The Morgan fingerprint density at radius 2 is 0.833 bits per heavy atom. The summed E-state index contributed by atoms with van der Waals surface area (Å²) in [4.78, 5) is 0. The SMILES string of the molecule is CCCCCCCCCCCCCCCCCOCCOCCO. The number of aliphatic hydroxyl groups excluding tert-OH is 1. The van der Waals surface area contributed by atoms with Crippen molar-refractivity contribution in [1.82, 2.24) is 0 Å². The van der Waals surface area contributed by atoms with Gasteiger partial charge in [-0.15, -0.1) is 0 Å². The predicted octanol–water partition coefficient (Wildman–Crippen LogP) is 5.88. The molecular weight excluding hydrogens is 300 g/mol. The molecule has 0 atom stereocenters. The van der Waals surface area contributed by atoms with E-state index in [-0.39, 0.29) is 6.61 Å². The maximum absolute atomic E-state index is 8.55. The fourth-order valence-electron chi connectivity index (χ4n) is 2.96. The van der Waals surface area contributed by atoms with Crippen LogP contribution in [0.3, 0.4) is 0 Å². The monoisotopic (exact) mass is 344 g/mol. The van der Waals surface area contributed by atoms with Crippen molar-refractivity contribution >= 4 is 0 Å². The molecule has 3 nitrogen and oxygen atoms in total. The molecule has 3 heteroatoms. The maximum Gasteiger partial charge on any atom is 0.0701 e. The minimum Gasteiger partial charge on any atom is -0.394 e. The van der Waals surface area contributed by atoms with Gasteiger partial charge in [-0.2, -0.15) is 0 Å². The average molecular weight is 345 g/mol. The zero-order valence-electron chi connectivity index (χ0n) is 16.4. The van der Waals surface area contributed by atoms with E-state index in [2.05, 4.69) is 6.92 Å². The van der Waals surface area contributed by atoms with Gasteiger partial charge in [-0.25, -0.2) is 0 Å². The van der Waals surface area contributed by atoms with Crippen molar-refractivity contribution in [3.8, 4) is 0 Å². The highest BCUT2D eigenvalue weighted by Gasteiger charge is 1.95. The molecule has 0 aliphatic carbocycles. The van der Waals surface area contributed by atoms with Gasteiger partial charge >= 0.3 is 0 Å². The molecule has 0 bridgehead atoms. The molecule has 0 fully saturated rings. The van der Waals surface area contributed by atoms with Gasteiger partial charge in [-0.1, -0.05) is 96.8 Å². The van der Waals surface area contributed by atoms with Crippen LogP contribution in [0.5, 0.6) is 0 Å². The first-order valence-corrected chi connectivity index (χ1v) is 10.7. The highest BCUT2D eigenvalue weighted by Crippen LogP contribution is 2.13. The van der Waals surface area contributed by atoms with Crippen LogP contribution in [-0.4, -0.2) is 38.1 Å². The first-order chi connectivity index (χ1) is 11.9. The lowest BCUT2D eigenvalue weighted by molar-refractivity contribution is 0.0321. The van der Waals surface area contributed by atoms with Crippen LogP contribution in [-0.2, 0) is 9.47 Å². The summed E-state index contributed by atoms with van der Waals surface area (Å²) >= 11 is 0. The number of rotatable bonds is 21. The molecule has 146 valence electrons. The molecule has 0 aromatic heterocycles. The first kappa shape index (κ1) is 23.9. The lowest BCUT2D eigenvalue weighted by atomic mass is 10.0. The highest BCUT2D eigenvalue weighted by molar-refractivity contribution is 4.49. The van der Waals surface area contributed by atoms with Crippen molar-refractivity contribution in [2.24, 2.45) is 0 Å². The van der Waals surface area contributed by atoms with Crippen molar-refractivity contribution in [2.75, 3.05) is 33.0 Å². The Kier molecular flexibility index (Phi) is 22.8. The Hall–Kier alpha value is -0.120. The lowest BCUT2D eigenvalue weighted by Crippen LogP contribution is -2.07. The van der Waals surface area contributed by atoms with E-state index in [0.717, 1.165) is 13.0 Å². The second-order valence-electron chi connectivity index (χ2n) is 6.90. The Balaban J connectivity index is 2.93. The lowest BCUT2D eigenvalue weighted by Gasteiger charge is -2.05. The zero-order chi connectivity index (χ0) is 17.6. The molecular formula is C21H44O3. The summed E-state index contributed by atoms with van der Waals surface area (Å²) in [5.41, 5.74) is 0. The molecule has 0 aromatic carbocycles. The minimum atomic E-state index is 0.0963. The summed E-state index contributed by atoms with van der Waals surface area (Å²) in [5.74, 6) is 0. The van der Waals surface area contributed by atoms with Gasteiger partial charge in [0.25, 0.3) is 0 Å². The van der Waals surface area contributed by atoms with Gasteiger partial charge < -0.3 is 14.6 Å². The van der Waals surface area contributed by atoms with E-state index >= 15 is 0 Å². The molecule has 1 N–H and O–H groups in total. The standard InChI is InChI=1S/C21H44O3/c1-2-3-4-5-6-7-8-9-10-11-12-13-14-15-16-18-23-20-21-24-19-17-22/h22H,2-21H2,1H3. The second kappa shape index (κ2) is 22.9. The van der Waals surface area contributed by atoms with Crippen LogP contribution >= 0.6 is 0 Å². The van der Waals surface area contributed by atoms with Gasteiger partial charge in [0.1, 0.15) is 0 Å². The normalized spacial score (nSPS) is 11.2. The van der Waals surface area contributed by atoms with Crippen LogP contribution < -0.4 is 0 Å². The van der Waals surface area contributed by atoms with Crippen molar-refractivity contribution in [2.45, 2.75) is 103 Å². The van der Waals surface area contributed by atoms with Crippen LogP contribution in [0, 0.1) is 0 Å². The van der Waals surface area contributed by atoms with E-state index in [1.165, 1.54) is 89.9 Å². The summed E-state index contributed by atoms with van der Waals surface area (Å²) in [6, 6.07) is 0. The number of aliphatic hydroxyl groups is 1. The zero-order valence-corrected chi connectivity index (χ0v) is 16.4. The number of hydrogen-bond acceptors (Lipinski definition) is 3. The largest absolute Gasteiger partial charge is 0.394 e. The Morgan fingerprint density at radius 1 is 0.458 bits per heavy atom. The Labute approximate surface area is 151 Å². The van der Waals surface area contributed by atoms with Crippen LogP contribution in [0.4, 0.5) is 0 Å². The summed E-state index contributed by atoms with van der Waals surface area (Å²) in [7, 11) is 0. The fraction of sp³-hybridized carbons (Fsp3) is 1.00. The van der Waals surface area contributed by atoms with E-state index in [1.54, 1.807) is 0 Å². The predicted molar refractivity (Wildman–Crippen MR) is 104 cm³/mol. The van der Waals surface area contributed by atoms with Crippen molar-refractivity contribution in [3.05, 3.63) is 0 Å². The van der Waals surface area contributed by atoms with Gasteiger partial charge in [-0.3, -0.25) is 0 Å². The van der Waals surface area contributed by atoms with Gasteiger partial charge in [0, 0.05) is 6.61 Å². The van der Waals surface area contributed by atoms with Crippen molar-refractivity contribution in [3.63, 3.8) is 0 Å². The summed E-state index contributed by atoms with van der Waals surface area (Å²) in [6.07, 6.45) is 20.9. The summed E-state index contributed by atoms with van der Waals surface area (Å²) in [5, 5.41) is 8.55. The summed E-state index contributed by atoms with van der Waals surface area (Å²) < 4.78 is 10.6. The number of unbranched alkanes of at least 4 members (excludes halogenated alkanes) is 14. The molecule has 0 aliphatic heterocycles. The summed E-state index contributed by atoms with van der Waals surface area (Å²) in [6.45, 7) is 4.89. The molecule has 0 heterocycles. The number of ether oxygens (including phenoxy) is 2. The van der Waals surface area contributed by atoms with Crippen LogP contribution in [0.2, 0.25) is 0 Å². The van der Waals surface area contributed by atoms with E-state index in [4.69, 9.17) is 14.6 Å². The molecule has 0 unspecified atom stereocenters. The third-order valence-corrected chi connectivity index (χ3v) is 4.50. The van der Waals surface area contributed by atoms with E-state index in [9.17, 15) is 0 Å². The highest BCUT2D eigenvalue weighted by atomic mass is 16.5. The van der Waals surface area contributed by atoms with E-state index in [1.807, 2.05) is 0 Å². The maximum atomic E-state index is 8.55. The third kappa shape index (κ3) is 21.9. The first-order valence-electron chi connectivity index (χ1n) is 10.7. The fourth-order valence-corrected chi connectivity index (χ4v) is 2.96. The molecule has 0 saturated carbocycles. The van der Waals surface area contributed by atoms with Crippen molar-refractivity contribution < 1.29 is 14.6 Å². The van der Waals surface area contributed by atoms with Gasteiger partial charge in [-0.05, 0) is 6.42 Å². The van der Waals surface area contributed by atoms with Crippen LogP contribution in [0.15, 0.2) is 0 Å². The molecule has 0 rings (SSSR count). The van der Waals surface area contributed by atoms with Crippen molar-refractivity contribution in [1.29, 1.82) is 0 Å². The molecule has 0 aliphatic rings. The molecule has 0 amide bonds. The second-order valence-corrected chi connectivity index (χ2v) is 6.90. The molecule has 0 radical (unpaired) electrons. The molecule has 0 spiro atoms. The van der Waals surface area contributed by atoms with E-state index in [0.29, 0.717) is 19.8 Å². The quantitative estimate of drug-likeness (QED) is 0.264. The van der Waals surface area contributed by atoms with E-state index < -0.39 is 0 Å². The van der Waals surface area contributed by atoms with Gasteiger partial charge in [0.05, 0.1) is 26.4 Å². The minimum absolute atomic E-state index is 0.0963. The molecule has 0 saturated heterocycles. The Bertz CT molecular complexity index is 187. The number of hydrogen-bond donors (Lipinski definition) is 1. The van der Waals surface area contributed by atoms with Crippen LogP contribution in [0.1, 0.15) is 103 Å². The van der Waals surface area contributed by atoms with Crippen LogP contribution in [0.25, 0.3) is 0 Å². The molecule has 24 heavy (non-hydrogen) atoms. The average Bonchev–Trinajstić information content (AvgIpc) is 2.60.